The van der Waals surface area contributed by atoms with Gasteiger partial charge in [-0.1, -0.05) is 18.2 Å². The highest BCUT2D eigenvalue weighted by Gasteiger charge is 2.24. The predicted octanol–water partition coefficient (Wildman–Crippen LogP) is 2.47. The second-order valence-electron chi connectivity index (χ2n) is 7.05. The summed E-state index contributed by atoms with van der Waals surface area (Å²) >= 11 is 0. The number of nitrogens with two attached hydrogens (primary N) is 1. The van der Waals surface area contributed by atoms with E-state index in [1.165, 1.54) is 17.7 Å². The summed E-state index contributed by atoms with van der Waals surface area (Å²) in [5.41, 5.74) is 9.31. The number of carbonyl (C=O) groups is 1. The zero-order valence-electron chi connectivity index (χ0n) is 16.1. The molecule has 0 aliphatic carbocycles. The first kappa shape index (κ1) is 21.4. The van der Waals surface area contributed by atoms with Gasteiger partial charge in [0.05, 0.1) is 0 Å². The van der Waals surface area contributed by atoms with Crippen molar-refractivity contribution in [2.75, 3.05) is 49.1 Å². The van der Waals surface area contributed by atoms with Crippen molar-refractivity contribution in [1.82, 2.24) is 4.90 Å². The monoisotopic (exact) mass is 509 g/mol. The lowest BCUT2D eigenvalue weighted by atomic mass is 10.2. The topological polar surface area (TPSA) is 65.2 Å². The quantitative estimate of drug-likeness (QED) is 0.393. The van der Waals surface area contributed by atoms with E-state index in [4.69, 9.17) is 5.73 Å². The number of aliphatic imine (C=N–C) groups is 1. The van der Waals surface area contributed by atoms with Gasteiger partial charge in [-0.05, 0) is 42.3 Å². The summed E-state index contributed by atoms with van der Waals surface area (Å²) in [4.78, 5) is 22.9. The van der Waals surface area contributed by atoms with Crippen LogP contribution in [0.5, 0.6) is 0 Å². The maximum absolute atomic E-state index is 13.1. The van der Waals surface area contributed by atoms with Gasteiger partial charge in [-0.15, -0.1) is 24.0 Å². The number of amides is 1. The summed E-state index contributed by atoms with van der Waals surface area (Å²) in [5, 5.41) is 0. The Morgan fingerprint density at radius 1 is 1.00 bits per heavy atom. The van der Waals surface area contributed by atoms with Crippen LogP contribution in [0.25, 0.3) is 0 Å². The molecule has 2 aromatic carbocycles. The fourth-order valence-electron chi connectivity index (χ4n) is 3.78. The fourth-order valence-corrected chi connectivity index (χ4v) is 3.78. The van der Waals surface area contributed by atoms with Crippen molar-refractivity contribution in [2.45, 2.75) is 6.42 Å². The van der Waals surface area contributed by atoms with E-state index in [1.54, 1.807) is 17.0 Å². The molecule has 2 aliphatic heterocycles. The molecule has 0 radical (unpaired) electrons. The van der Waals surface area contributed by atoms with E-state index in [2.05, 4.69) is 16.0 Å². The van der Waals surface area contributed by atoms with Crippen LogP contribution < -0.4 is 15.5 Å². The summed E-state index contributed by atoms with van der Waals surface area (Å²) in [7, 11) is 0. The number of fused-ring (bicyclic) bond motifs is 1. The van der Waals surface area contributed by atoms with Gasteiger partial charge in [0.2, 0.25) is 5.91 Å². The van der Waals surface area contributed by atoms with Crippen molar-refractivity contribution >= 4 is 47.2 Å². The summed E-state index contributed by atoms with van der Waals surface area (Å²) in [6.07, 6.45) is 0.881. The first-order valence-corrected chi connectivity index (χ1v) is 9.55. The van der Waals surface area contributed by atoms with Crippen LogP contribution in [0.15, 0.2) is 53.5 Å². The van der Waals surface area contributed by atoms with Crippen LogP contribution >= 0.6 is 24.0 Å². The predicted molar refractivity (Wildman–Crippen MR) is 125 cm³/mol. The molecule has 2 aromatic rings. The van der Waals surface area contributed by atoms with Crippen molar-refractivity contribution in [3.05, 3.63) is 59.9 Å². The molecule has 0 aromatic heterocycles. The first-order valence-electron chi connectivity index (χ1n) is 9.55. The Bertz CT molecular complexity index is 881. The van der Waals surface area contributed by atoms with Crippen molar-refractivity contribution in [3.63, 3.8) is 0 Å². The number of halogens is 2. The van der Waals surface area contributed by atoms with Crippen LogP contribution in [0.1, 0.15) is 5.56 Å². The number of benzene rings is 2. The molecule has 0 atom stereocenters. The molecule has 1 saturated heterocycles. The lowest BCUT2D eigenvalue weighted by molar-refractivity contribution is -0.117. The molecule has 2 heterocycles. The molecule has 8 heteroatoms. The Labute approximate surface area is 187 Å². The van der Waals surface area contributed by atoms with Crippen molar-refractivity contribution < 1.29 is 9.18 Å². The molecule has 2 N–H and O–H groups in total. The molecule has 0 spiro atoms. The Morgan fingerprint density at radius 3 is 2.41 bits per heavy atom. The van der Waals surface area contributed by atoms with Gasteiger partial charge in [0.1, 0.15) is 12.4 Å². The summed E-state index contributed by atoms with van der Waals surface area (Å²) in [5.74, 6) is 0.140. The van der Waals surface area contributed by atoms with E-state index in [1.807, 2.05) is 23.1 Å². The molecule has 6 nitrogen and oxygen atoms in total. The lowest BCUT2D eigenvalue weighted by Gasteiger charge is -2.36. The number of nitrogens with zero attached hydrogens (tertiary/aromatic N) is 4. The third-order valence-electron chi connectivity index (χ3n) is 5.36. The summed E-state index contributed by atoms with van der Waals surface area (Å²) < 4.78 is 13.1. The summed E-state index contributed by atoms with van der Waals surface area (Å²) in [6, 6.07) is 14.5. The van der Waals surface area contributed by atoms with Gasteiger partial charge in [-0.25, -0.2) is 9.38 Å². The SMILES string of the molecule is I.NC(=NCC(=O)N1CCc2ccccc21)N1CCN(c2ccc(F)cc2)CC1. The van der Waals surface area contributed by atoms with E-state index in [0.29, 0.717) is 25.6 Å². The Kier molecular flexibility index (Phi) is 6.94. The molecule has 0 bridgehead atoms. The van der Waals surface area contributed by atoms with Gasteiger partial charge < -0.3 is 20.4 Å². The van der Waals surface area contributed by atoms with Crippen LogP contribution in [0.4, 0.5) is 15.8 Å². The Hall–Kier alpha value is -2.36. The van der Waals surface area contributed by atoms with Gasteiger partial charge in [-0.2, -0.15) is 0 Å². The molecular formula is C21H25FIN5O. The van der Waals surface area contributed by atoms with Gasteiger partial charge in [0.15, 0.2) is 5.96 Å². The van der Waals surface area contributed by atoms with Crippen molar-refractivity contribution in [3.8, 4) is 0 Å². The number of rotatable bonds is 3. The number of hydrogen-bond acceptors (Lipinski definition) is 3. The van der Waals surface area contributed by atoms with Crippen LogP contribution in [0.2, 0.25) is 0 Å². The Morgan fingerprint density at radius 2 is 1.69 bits per heavy atom. The number of para-hydroxylation sites is 1. The minimum Gasteiger partial charge on any atom is -0.370 e. The molecule has 2 aliphatic rings. The minimum atomic E-state index is -0.232. The molecule has 0 unspecified atom stereocenters. The van der Waals surface area contributed by atoms with Crippen LogP contribution in [-0.4, -0.2) is 56.0 Å². The van der Waals surface area contributed by atoms with E-state index in [9.17, 15) is 9.18 Å². The second kappa shape index (κ2) is 9.43. The van der Waals surface area contributed by atoms with Gasteiger partial charge >= 0.3 is 0 Å². The highest BCUT2D eigenvalue weighted by Crippen LogP contribution is 2.27. The normalized spacial score (nSPS) is 16.4. The van der Waals surface area contributed by atoms with Gasteiger partial charge in [0.25, 0.3) is 0 Å². The van der Waals surface area contributed by atoms with Crippen LogP contribution in [0.3, 0.4) is 0 Å². The van der Waals surface area contributed by atoms with Gasteiger partial charge in [-0.3, -0.25) is 4.79 Å². The molecular weight excluding hydrogens is 484 g/mol. The number of carbonyl (C=O) groups excluding carboxylic acids is 1. The van der Waals surface area contributed by atoms with Crippen LogP contribution in [0, 0.1) is 5.82 Å². The largest absolute Gasteiger partial charge is 0.370 e. The molecule has 154 valence electrons. The number of anilines is 2. The molecule has 29 heavy (non-hydrogen) atoms. The van der Waals surface area contributed by atoms with Crippen molar-refractivity contribution in [1.29, 1.82) is 0 Å². The smallest absolute Gasteiger partial charge is 0.248 e. The zero-order chi connectivity index (χ0) is 19.5. The van der Waals surface area contributed by atoms with E-state index in [0.717, 1.165) is 30.9 Å². The average molecular weight is 509 g/mol. The third kappa shape index (κ3) is 4.80. The number of guanidine groups is 1. The average Bonchev–Trinajstić information content (AvgIpc) is 3.17. The maximum atomic E-state index is 13.1. The maximum Gasteiger partial charge on any atom is 0.248 e. The minimum absolute atomic E-state index is 0. The molecule has 0 saturated carbocycles. The third-order valence-corrected chi connectivity index (χ3v) is 5.36. The molecule has 4 rings (SSSR count). The number of piperazine rings is 1. The zero-order valence-corrected chi connectivity index (χ0v) is 18.5. The van der Waals surface area contributed by atoms with E-state index in [-0.39, 0.29) is 42.2 Å². The van der Waals surface area contributed by atoms with Crippen molar-refractivity contribution in [2.24, 2.45) is 10.7 Å². The van der Waals surface area contributed by atoms with E-state index < -0.39 is 0 Å². The highest BCUT2D eigenvalue weighted by molar-refractivity contribution is 14.0. The Balaban J connectivity index is 0.00000240. The second-order valence-corrected chi connectivity index (χ2v) is 7.05. The molecule has 1 amide bonds. The molecule has 1 fully saturated rings. The number of hydrogen-bond donors (Lipinski definition) is 1. The highest BCUT2D eigenvalue weighted by atomic mass is 127. The standard InChI is InChI=1S/C21H24FN5O.HI/c22-17-5-7-18(8-6-17)25-11-13-26(14-12-25)21(23)24-15-20(28)27-10-9-16-3-1-2-4-19(16)27;/h1-8H,9-15H2,(H2,23,24);1H. The van der Waals surface area contributed by atoms with Gasteiger partial charge in [0, 0.05) is 44.1 Å². The van der Waals surface area contributed by atoms with Crippen LogP contribution in [-0.2, 0) is 11.2 Å². The van der Waals surface area contributed by atoms with E-state index >= 15 is 0 Å². The lowest BCUT2D eigenvalue weighted by Crippen LogP contribution is -2.51. The summed E-state index contributed by atoms with van der Waals surface area (Å²) in [6.45, 7) is 3.73. The fraction of sp³-hybridized carbons (Fsp3) is 0.333. The first-order chi connectivity index (χ1) is 13.6.